The van der Waals surface area contributed by atoms with Gasteiger partial charge in [0.25, 0.3) is 17.1 Å². The Morgan fingerprint density at radius 1 is 1.16 bits per heavy atom. The molecule has 0 unspecified atom stereocenters. The lowest BCUT2D eigenvalue weighted by molar-refractivity contribution is -0.122. The molecule has 8 nitrogen and oxygen atoms in total. The van der Waals surface area contributed by atoms with E-state index in [1.807, 2.05) is 12.1 Å². The number of nitrogens with zero attached hydrogens (tertiary/aromatic N) is 1. The van der Waals surface area contributed by atoms with E-state index in [0.29, 0.717) is 28.6 Å². The molecule has 3 amide bonds. The molecule has 2 heterocycles. The standard InChI is InChI=1S/C22H20N2O6S/c1-28-12-14-2-5-16(6-3-14)20(25)23-8-9-24-21(26)19(31-22(24)27)11-15-4-7-17-18(10-15)30-13-29-17/h2-7,10-11H,8-9,12-13H2,1H3,(H,23,25)/b19-11-. The zero-order valence-electron chi connectivity index (χ0n) is 16.8. The summed E-state index contributed by atoms with van der Waals surface area (Å²) in [5.41, 5.74) is 2.20. The molecule has 0 bridgehead atoms. The van der Waals surface area contributed by atoms with Gasteiger partial charge in [-0.3, -0.25) is 19.3 Å². The molecule has 160 valence electrons. The van der Waals surface area contributed by atoms with Crippen molar-refractivity contribution in [3.05, 3.63) is 64.1 Å². The maximum absolute atomic E-state index is 12.6. The lowest BCUT2D eigenvalue weighted by Crippen LogP contribution is -2.37. The molecule has 4 rings (SSSR count). The molecule has 2 aliphatic rings. The Kier molecular flexibility index (Phi) is 6.24. The molecule has 1 fully saturated rings. The van der Waals surface area contributed by atoms with Gasteiger partial charge in [-0.2, -0.15) is 0 Å². The quantitative estimate of drug-likeness (QED) is 0.662. The number of carbonyl (C=O) groups excluding carboxylic acids is 3. The second kappa shape index (κ2) is 9.23. The zero-order chi connectivity index (χ0) is 21.8. The number of carbonyl (C=O) groups is 3. The van der Waals surface area contributed by atoms with Crippen LogP contribution in [-0.4, -0.2) is 48.9 Å². The summed E-state index contributed by atoms with van der Waals surface area (Å²) in [6.45, 7) is 0.893. The van der Waals surface area contributed by atoms with Gasteiger partial charge in [-0.1, -0.05) is 18.2 Å². The van der Waals surface area contributed by atoms with Crippen molar-refractivity contribution in [2.24, 2.45) is 0 Å². The number of ether oxygens (including phenoxy) is 3. The molecule has 2 aromatic carbocycles. The summed E-state index contributed by atoms with van der Waals surface area (Å²) >= 11 is 0.873. The summed E-state index contributed by atoms with van der Waals surface area (Å²) in [4.78, 5) is 38.6. The van der Waals surface area contributed by atoms with E-state index in [1.165, 1.54) is 0 Å². The predicted molar refractivity (Wildman–Crippen MR) is 115 cm³/mol. The molecule has 9 heteroatoms. The van der Waals surface area contributed by atoms with Crippen LogP contribution in [0.1, 0.15) is 21.5 Å². The van der Waals surface area contributed by atoms with Crippen LogP contribution in [0.3, 0.4) is 0 Å². The minimum atomic E-state index is -0.383. The highest BCUT2D eigenvalue weighted by Gasteiger charge is 2.34. The van der Waals surface area contributed by atoms with Crippen molar-refractivity contribution < 1.29 is 28.6 Å². The highest BCUT2D eigenvalue weighted by atomic mass is 32.2. The zero-order valence-corrected chi connectivity index (χ0v) is 17.6. The van der Waals surface area contributed by atoms with Crippen LogP contribution in [0, 0.1) is 0 Å². The van der Waals surface area contributed by atoms with Crippen LogP contribution in [0.5, 0.6) is 11.5 Å². The van der Waals surface area contributed by atoms with Gasteiger partial charge in [-0.25, -0.2) is 0 Å². The van der Waals surface area contributed by atoms with Crippen molar-refractivity contribution in [1.82, 2.24) is 10.2 Å². The van der Waals surface area contributed by atoms with E-state index in [9.17, 15) is 14.4 Å². The van der Waals surface area contributed by atoms with Gasteiger partial charge in [0.2, 0.25) is 6.79 Å². The number of imide groups is 1. The first-order valence-electron chi connectivity index (χ1n) is 9.56. The van der Waals surface area contributed by atoms with E-state index in [0.717, 1.165) is 27.8 Å². The smallest absolute Gasteiger partial charge is 0.293 e. The molecule has 2 aliphatic heterocycles. The first kappa shape index (κ1) is 21.0. The maximum atomic E-state index is 12.6. The van der Waals surface area contributed by atoms with Crippen molar-refractivity contribution in [2.75, 3.05) is 27.0 Å². The molecule has 0 radical (unpaired) electrons. The molecule has 0 aromatic heterocycles. The average Bonchev–Trinajstić information content (AvgIpc) is 3.33. The summed E-state index contributed by atoms with van der Waals surface area (Å²) in [6, 6.07) is 12.4. The third kappa shape index (κ3) is 4.73. The van der Waals surface area contributed by atoms with Crippen LogP contribution in [0.25, 0.3) is 6.08 Å². The fourth-order valence-electron chi connectivity index (χ4n) is 3.15. The Balaban J connectivity index is 1.33. The van der Waals surface area contributed by atoms with Crippen LogP contribution in [0.2, 0.25) is 0 Å². The molecule has 0 aliphatic carbocycles. The van der Waals surface area contributed by atoms with Crippen molar-refractivity contribution in [1.29, 1.82) is 0 Å². The lowest BCUT2D eigenvalue weighted by Gasteiger charge is -2.13. The molecular formula is C22H20N2O6S. The first-order chi connectivity index (χ1) is 15.0. The Morgan fingerprint density at radius 2 is 1.94 bits per heavy atom. The van der Waals surface area contributed by atoms with Gasteiger partial charge in [-0.05, 0) is 53.2 Å². The van der Waals surface area contributed by atoms with Gasteiger partial charge in [0.1, 0.15) is 0 Å². The topological polar surface area (TPSA) is 94.2 Å². The Bertz CT molecular complexity index is 1050. The number of nitrogens with one attached hydrogen (secondary N) is 1. The highest BCUT2D eigenvalue weighted by molar-refractivity contribution is 8.18. The van der Waals surface area contributed by atoms with E-state index < -0.39 is 0 Å². The van der Waals surface area contributed by atoms with E-state index in [4.69, 9.17) is 14.2 Å². The molecule has 2 aromatic rings. The number of rotatable bonds is 7. The third-order valence-electron chi connectivity index (χ3n) is 4.72. The Hall–Kier alpha value is -3.30. The van der Waals surface area contributed by atoms with Gasteiger partial charge in [-0.15, -0.1) is 0 Å². The van der Waals surface area contributed by atoms with Crippen LogP contribution < -0.4 is 14.8 Å². The number of amides is 3. The van der Waals surface area contributed by atoms with Gasteiger partial charge < -0.3 is 19.5 Å². The van der Waals surface area contributed by atoms with Gasteiger partial charge >= 0.3 is 0 Å². The Morgan fingerprint density at radius 3 is 2.71 bits per heavy atom. The second-order valence-electron chi connectivity index (χ2n) is 6.83. The summed E-state index contributed by atoms with van der Waals surface area (Å²) in [5.74, 6) is 0.595. The second-order valence-corrected chi connectivity index (χ2v) is 7.83. The van der Waals surface area contributed by atoms with Gasteiger partial charge in [0.05, 0.1) is 11.5 Å². The fourth-order valence-corrected chi connectivity index (χ4v) is 4.01. The van der Waals surface area contributed by atoms with E-state index in [1.54, 1.807) is 43.5 Å². The van der Waals surface area contributed by atoms with Crippen LogP contribution >= 0.6 is 11.8 Å². The lowest BCUT2D eigenvalue weighted by atomic mass is 10.1. The number of benzene rings is 2. The SMILES string of the molecule is COCc1ccc(C(=O)NCCN2C(=O)S/C(=C\c3ccc4c(c3)OCO4)C2=O)cc1. The van der Waals surface area contributed by atoms with E-state index in [2.05, 4.69) is 5.32 Å². The van der Waals surface area contributed by atoms with Crippen molar-refractivity contribution in [3.63, 3.8) is 0 Å². The Labute approximate surface area is 183 Å². The summed E-state index contributed by atoms with van der Waals surface area (Å²) in [7, 11) is 1.61. The van der Waals surface area contributed by atoms with Crippen LogP contribution in [-0.2, 0) is 16.1 Å². The third-order valence-corrected chi connectivity index (χ3v) is 5.62. The molecule has 0 saturated carbocycles. The number of hydrogen-bond donors (Lipinski definition) is 1. The molecule has 1 N–H and O–H groups in total. The minimum absolute atomic E-state index is 0.0939. The summed E-state index contributed by atoms with van der Waals surface area (Å²) < 4.78 is 15.7. The van der Waals surface area contributed by atoms with E-state index in [-0.39, 0.29) is 36.9 Å². The van der Waals surface area contributed by atoms with Gasteiger partial charge in [0, 0.05) is 25.8 Å². The first-order valence-corrected chi connectivity index (χ1v) is 10.4. The molecule has 31 heavy (non-hydrogen) atoms. The van der Waals surface area contributed by atoms with Crippen LogP contribution in [0.4, 0.5) is 4.79 Å². The monoisotopic (exact) mass is 440 g/mol. The molecule has 0 spiro atoms. The van der Waals surface area contributed by atoms with E-state index >= 15 is 0 Å². The molecular weight excluding hydrogens is 420 g/mol. The fraction of sp³-hybridized carbons (Fsp3) is 0.227. The highest BCUT2D eigenvalue weighted by Crippen LogP contribution is 2.36. The summed E-state index contributed by atoms with van der Waals surface area (Å²) in [5, 5.41) is 2.37. The van der Waals surface area contributed by atoms with Crippen molar-refractivity contribution in [3.8, 4) is 11.5 Å². The molecule has 0 atom stereocenters. The van der Waals surface area contributed by atoms with Crippen molar-refractivity contribution >= 4 is 34.9 Å². The molecule has 1 saturated heterocycles. The normalized spacial score (nSPS) is 16.3. The predicted octanol–water partition coefficient (Wildman–Crippen LogP) is 3.03. The largest absolute Gasteiger partial charge is 0.454 e. The van der Waals surface area contributed by atoms with Crippen molar-refractivity contribution in [2.45, 2.75) is 6.61 Å². The van der Waals surface area contributed by atoms with Crippen LogP contribution in [0.15, 0.2) is 47.4 Å². The minimum Gasteiger partial charge on any atom is -0.454 e. The number of fused-ring (bicyclic) bond motifs is 1. The number of thioether (sulfide) groups is 1. The number of methoxy groups -OCH3 is 1. The van der Waals surface area contributed by atoms with Gasteiger partial charge in [0.15, 0.2) is 11.5 Å². The summed E-state index contributed by atoms with van der Waals surface area (Å²) in [6.07, 6.45) is 1.65. The average molecular weight is 440 g/mol. The maximum Gasteiger partial charge on any atom is 0.293 e. The number of hydrogen-bond acceptors (Lipinski definition) is 7.